The van der Waals surface area contributed by atoms with E-state index in [1.807, 2.05) is 46.8 Å². The van der Waals surface area contributed by atoms with Crippen molar-refractivity contribution in [2.45, 2.75) is 19.3 Å². The highest BCUT2D eigenvalue weighted by Gasteiger charge is 2.35. The molecule has 0 spiro atoms. The second-order valence-electron chi connectivity index (χ2n) is 6.13. The van der Waals surface area contributed by atoms with Crippen molar-refractivity contribution >= 4 is 17.2 Å². The van der Waals surface area contributed by atoms with E-state index in [0.29, 0.717) is 31.2 Å². The van der Waals surface area contributed by atoms with E-state index in [1.54, 1.807) is 11.3 Å². The van der Waals surface area contributed by atoms with Crippen molar-refractivity contribution < 1.29 is 9.32 Å². The predicted molar refractivity (Wildman–Crippen MR) is 91.8 cm³/mol. The predicted octanol–water partition coefficient (Wildman–Crippen LogP) is 3.28. The van der Waals surface area contributed by atoms with Crippen LogP contribution in [0.5, 0.6) is 0 Å². The Kier molecular flexibility index (Phi) is 3.90. The number of likely N-dealkylation sites (tertiary alicyclic amines) is 1. The third kappa shape index (κ3) is 2.97. The van der Waals surface area contributed by atoms with Crippen LogP contribution in [0.15, 0.2) is 45.6 Å². The van der Waals surface area contributed by atoms with E-state index in [4.69, 9.17) is 4.52 Å². The van der Waals surface area contributed by atoms with Gasteiger partial charge in [0.25, 0.3) is 0 Å². The average molecular weight is 339 g/mol. The first kappa shape index (κ1) is 15.1. The Hall–Kier alpha value is -2.47. The van der Waals surface area contributed by atoms with E-state index in [0.717, 1.165) is 11.1 Å². The van der Waals surface area contributed by atoms with Crippen LogP contribution in [0.3, 0.4) is 0 Å². The van der Waals surface area contributed by atoms with Gasteiger partial charge in [-0.3, -0.25) is 4.79 Å². The molecule has 0 atom stereocenters. The van der Waals surface area contributed by atoms with Crippen molar-refractivity contribution in [3.05, 3.63) is 58.1 Å². The Balaban J connectivity index is 1.35. The largest absolute Gasteiger partial charge is 0.341 e. The zero-order chi connectivity index (χ0) is 16.5. The summed E-state index contributed by atoms with van der Waals surface area (Å²) < 4.78 is 5.36. The van der Waals surface area contributed by atoms with E-state index in [9.17, 15) is 4.79 Å². The lowest BCUT2D eigenvalue weighted by Gasteiger charge is -2.37. The summed E-state index contributed by atoms with van der Waals surface area (Å²) in [5.41, 5.74) is 3.20. The fourth-order valence-corrected chi connectivity index (χ4v) is 3.49. The molecule has 0 radical (unpaired) electrons. The zero-order valence-corrected chi connectivity index (χ0v) is 14.1. The molecule has 1 amide bonds. The minimum atomic E-state index is 0.145. The average Bonchev–Trinajstić information content (AvgIpc) is 3.16. The van der Waals surface area contributed by atoms with E-state index in [1.165, 1.54) is 5.56 Å². The van der Waals surface area contributed by atoms with Gasteiger partial charge in [-0.05, 0) is 23.9 Å². The van der Waals surface area contributed by atoms with Crippen LogP contribution in [0.2, 0.25) is 0 Å². The first-order valence-electron chi connectivity index (χ1n) is 7.88. The van der Waals surface area contributed by atoms with Gasteiger partial charge in [-0.25, -0.2) is 0 Å². The van der Waals surface area contributed by atoms with Crippen LogP contribution in [-0.4, -0.2) is 34.0 Å². The van der Waals surface area contributed by atoms with Crippen LogP contribution < -0.4 is 0 Å². The van der Waals surface area contributed by atoms with Crippen molar-refractivity contribution in [1.82, 2.24) is 15.0 Å². The van der Waals surface area contributed by atoms with Crippen molar-refractivity contribution in [2.24, 2.45) is 0 Å². The summed E-state index contributed by atoms with van der Waals surface area (Å²) in [5, 5.41) is 8.01. The summed E-state index contributed by atoms with van der Waals surface area (Å²) in [4.78, 5) is 18.6. The van der Waals surface area contributed by atoms with Gasteiger partial charge in [0.2, 0.25) is 17.6 Å². The lowest BCUT2D eigenvalue weighted by Crippen LogP contribution is -2.49. The fourth-order valence-electron chi connectivity index (χ4n) is 2.86. The van der Waals surface area contributed by atoms with Gasteiger partial charge < -0.3 is 9.42 Å². The van der Waals surface area contributed by atoms with Gasteiger partial charge in [0.15, 0.2) is 0 Å². The van der Waals surface area contributed by atoms with E-state index < -0.39 is 0 Å². The summed E-state index contributed by atoms with van der Waals surface area (Å²) in [6.45, 7) is 3.33. The highest BCUT2D eigenvalue weighted by atomic mass is 32.1. The molecule has 1 saturated heterocycles. The molecule has 1 fully saturated rings. The summed E-state index contributed by atoms with van der Waals surface area (Å²) in [6.07, 6.45) is 0.443. The summed E-state index contributed by atoms with van der Waals surface area (Å²) in [7, 11) is 0. The molecule has 1 aliphatic rings. The minimum Gasteiger partial charge on any atom is -0.341 e. The molecule has 0 N–H and O–H groups in total. The van der Waals surface area contributed by atoms with Crippen molar-refractivity contribution in [2.75, 3.05) is 13.1 Å². The minimum absolute atomic E-state index is 0.145. The first-order chi connectivity index (χ1) is 11.7. The monoisotopic (exact) mass is 339 g/mol. The number of benzene rings is 1. The zero-order valence-electron chi connectivity index (χ0n) is 13.3. The normalized spacial score (nSPS) is 14.6. The van der Waals surface area contributed by atoms with Gasteiger partial charge in [0.05, 0.1) is 12.3 Å². The quantitative estimate of drug-likeness (QED) is 0.732. The maximum absolute atomic E-state index is 12.3. The van der Waals surface area contributed by atoms with Crippen LogP contribution in [-0.2, 0) is 11.2 Å². The summed E-state index contributed by atoms with van der Waals surface area (Å²) >= 11 is 1.60. The van der Waals surface area contributed by atoms with Crippen LogP contribution >= 0.6 is 11.3 Å². The molecule has 5 nitrogen and oxygen atoms in total. The number of rotatable bonds is 4. The first-order valence-corrected chi connectivity index (χ1v) is 8.83. The molecular formula is C18H17N3O2S. The number of carbonyl (C=O) groups is 1. The number of amides is 1. The molecule has 6 heteroatoms. The number of aromatic nitrogens is 2. The van der Waals surface area contributed by atoms with Gasteiger partial charge in [-0.15, -0.1) is 0 Å². The maximum Gasteiger partial charge on any atom is 0.233 e. The molecule has 0 aliphatic carbocycles. The second kappa shape index (κ2) is 6.20. The van der Waals surface area contributed by atoms with Crippen LogP contribution in [0.4, 0.5) is 0 Å². The van der Waals surface area contributed by atoms with Gasteiger partial charge in [0, 0.05) is 24.0 Å². The summed E-state index contributed by atoms with van der Waals surface area (Å²) in [6, 6.07) is 10.0. The molecule has 0 bridgehead atoms. The number of aryl methyl sites for hydroxylation is 1. The number of carbonyl (C=O) groups excluding carboxylic acids is 1. The topological polar surface area (TPSA) is 59.2 Å². The molecule has 4 rings (SSSR count). The van der Waals surface area contributed by atoms with Crippen molar-refractivity contribution in [1.29, 1.82) is 0 Å². The Morgan fingerprint density at radius 3 is 3.00 bits per heavy atom. The smallest absolute Gasteiger partial charge is 0.233 e. The Morgan fingerprint density at radius 1 is 1.38 bits per heavy atom. The molecule has 0 unspecified atom stereocenters. The molecule has 24 heavy (non-hydrogen) atoms. The molecular weight excluding hydrogens is 322 g/mol. The molecule has 0 saturated carbocycles. The van der Waals surface area contributed by atoms with Gasteiger partial charge in [-0.1, -0.05) is 35.0 Å². The number of hydrogen-bond acceptors (Lipinski definition) is 5. The van der Waals surface area contributed by atoms with Gasteiger partial charge >= 0.3 is 0 Å². The number of nitrogens with zero attached hydrogens (tertiary/aromatic N) is 3. The van der Waals surface area contributed by atoms with Crippen molar-refractivity contribution in [3.8, 4) is 11.4 Å². The van der Waals surface area contributed by atoms with Crippen LogP contribution in [0.1, 0.15) is 22.9 Å². The lowest BCUT2D eigenvalue weighted by atomic mass is 9.98. The molecule has 2 aromatic heterocycles. The number of hydrogen-bond donors (Lipinski definition) is 0. The van der Waals surface area contributed by atoms with Crippen molar-refractivity contribution in [3.63, 3.8) is 0 Å². The molecule has 3 heterocycles. The lowest BCUT2D eigenvalue weighted by molar-refractivity contribution is -0.135. The third-order valence-electron chi connectivity index (χ3n) is 4.24. The molecule has 1 aromatic carbocycles. The second-order valence-corrected chi connectivity index (χ2v) is 6.91. The van der Waals surface area contributed by atoms with E-state index >= 15 is 0 Å². The Bertz CT molecular complexity index is 851. The highest BCUT2D eigenvalue weighted by Crippen LogP contribution is 2.28. The standard InChI is InChI=1S/C18H17N3O2S/c1-12-3-2-4-13(7-12)8-16(22)21-9-15(10-21)18-19-17(20-23-18)14-5-6-24-11-14/h2-7,11,15H,8-10H2,1H3. The fraction of sp³-hybridized carbons (Fsp3) is 0.278. The molecule has 1 aliphatic heterocycles. The SMILES string of the molecule is Cc1cccc(CC(=O)N2CC(c3nc(-c4ccsc4)no3)C2)c1. The summed E-state index contributed by atoms with van der Waals surface area (Å²) in [5.74, 6) is 1.53. The van der Waals surface area contributed by atoms with Crippen LogP contribution in [0.25, 0.3) is 11.4 Å². The maximum atomic E-state index is 12.3. The number of thiophene rings is 1. The molecule has 3 aromatic rings. The van der Waals surface area contributed by atoms with E-state index in [-0.39, 0.29) is 11.8 Å². The van der Waals surface area contributed by atoms with Gasteiger partial charge in [0.1, 0.15) is 0 Å². The van der Waals surface area contributed by atoms with E-state index in [2.05, 4.69) is 16.2 Å². The Morgan fingerprint density at radius 2 is 2.25 bits per heavy atom. The molecule has 122 valence electrons. The Labute approximate surface area is 143 Å². The third-order valence-corrected chi connectivity index (χ3v) is 4.93. The highest BCUT2D eigenvalue weighted by molar-refractivity contribution is 7.08. The van der Waals surface area contributed by atoms with Crippen LogP contribution in [0, 0.1) is 6.92 Å². The van der Waals surface area contributed by atoms with Gasteiger partial charge in [-0.2, -0.15) is 16.3 Å².